The summed E-state index contributed by atoms with van der Waals surface area (Å²) in [6.45, 7) is 6.00. The van der Waals surface area contributed by atoms with Gasteiger partial charge in [0.25, 0.3) is 0 Å². The number of hydrogen-bond acceptors (Lipinski definition) is 4. The molecule has 0 aliphatic rings. The van der Waals surface area contributed by atoms with E-state index >= 15 is 0 Å². The zero-order valence-electron chi connectivity index (χ0n) is 14.2. The average Bonchev–Trinajstić information content (AvgIpc) is 2.77. The average molecular weight is 339 g/mol. The van der Waals surface area contributed by atoms with Crippen LogP contribution in [0.1, 0.15) is 26.3 Å². The van der Waals surface area contributed by atoms with Crippen LogP contribution in [0.15, 0.2) is 12.3 Å². The van der Waals surface area contributed by atoms with Crippen LogP contribution in [0.5, 0.6) is 0 Å². The first-order valence-corrected chi connectivity index (χ1v) is 7.80. The van der Waals surface area contributed by atoms with E-state index in [-0.39, 0.29) is 6.09 Å². The second kappa shape index (κ2) is 6.28. The molecule has 0 saturated heterocycles. The summed E-state index contributed by atoms with van der Waals surface area (Å²) in [6, 6.07) is 1.76. The van der Waals surface area contributed by atoms with Crippen molar-refractivity contribution in [2.24, 2.45) is 7.05 Å². The number of aromatic nitrogens is 2. The van der Waals surface area contributed by atoms with E-state index in [0.717, 1.165) is 16.5 Å². The Kier molecular flexibility index (Phi) is 4.75. The molecule has 1 heterocycles. The van der Waals surface area contributed by atoms with Gasteiger partial charge in [-0.3, -0.25) is 4.68 Å². The molecule has 0 fully saturated rings. The van der Waals surface area contributed by atoms with Gasteiger partial charge in [-0.15, -0.1) is 0 Å². The lowest BCUT2D eigenvalue weighted by atomic mass is 10.0. The molecule has 0 radical (unpaired) electrons. The van der Waals surface area contributed by atoms with Crippen LogP contribution >= 0.6 is 11.6 Å². The minimum atomic E-state index is -0.517. The largest absolute Gasteiger partial charge is 0.444 e. The number of benzene rings is 1. The first-order chi connectivity index (χ1) is 10.6. The molecule has 0 spiro atoms. The quantitative estimate of drug-likeness (QED) is 0.872. The van der Waals surface area contributed by atoms with Crippen molar-refractivity contribution in [2.45, 2.75) is 32.8 Å². The topological polar surface area (TPSA) is 73.4 Å². The van der Waals surface area contributed by atoms with E-state index in [0.29, 0.717) is 23.7 Å². The van der Waals surface area contributed by atoms with Gasteiger partial charge in [-0.1, -0.05) is 11.6 Å². The zero-order valence-corrected chi connectivity index (χ0v) is 14.9. The number of ether oxygens (including phenoxy) is 1. The summed E-state index contributed by atoms with van der Waals surface area (Å²) in [7, 11) is 3.55. The Hall–Kier alpha value is -1.95. The second-order valence-electron chi connectivity index (χ2n) is 6.64. The molecule has 6 nitrogen and oxygen atoms in total. The summed E-state index contributed by atoms with van der Waals surface area (Å²) in [5, 5.41) is 5.79. The smallest absolute Gasteiger partial charge is 0.410 e. The van der Waals surface area contributed by atoms with Crippen molar-refractivity contribution < 1.29 is 9.53 Å². The van der Waals surface area contributed by atoms with Gasteiger partial charge in [-0.05, 0) is 38.8 Å². The second-order valence-corrected chi connectivity index (χ2v) is 7.05. The number of likely N-dealkylation sites (N-methyl/N-ethyl adjacent to an activating group) is 1. The predicted octanol–water partition coefficient (Wildman–Crippen LogP) is 3.22. The third-order valence-electron chi connectivity index (χ3n) is 3.43. The highest BCUT2D eigenvalue weighted by Gasteiger charge is 2.20. The third kappa shape index (κ3) is 4.07. The molecule has 23 heavy (non-hydrogen) atoms. The SMILES string of the molecule is CN(CCc1c(N)c(Cl)cc2nn(C)cc12)C(=O)OC(C)(C)C. The minimum absolute atomic E-state index is 0.361. The highest BCUT2D eigenvalue weighted by Crippen LogP contribution is 2.31. The Labute approximate surface area is 141 Å². The van der Waals surface area contributed by atoms with Crippen molar-refractivity contribution in [1.29, 1.82) is 0 Å². The molecular formula is C16H23ClN4O2. The lowest BCUT2D eigenvalue weighted by Gasteiger charge is -2.24. The van der Waals surface area contributed by atoms with Crippen molar-refractivity contribution >= 4 is 34.3 Å². The van der Waals surface area contributed by atoms with Crippen LogP contribution in [0.4, 0.5) is 10.5 Å². The van der Waals surface area contributed by atoms with E-state index in [1.165, 1.54) is 4.90 Å². The highest BCUT2D eigenvalue weighted by molar-refractivity contribution is 6.34. The summed E-state index contributed by atoms with van der Waals surface area (Å²) >= 11 is 6.19. The van der Waals surface area contributed by atoms with Crippen LogP contribution in [0.2, 0.25) is 5.02 Å². The fourth-order valence-corrected chi connectivity index (χ4v) is 2.53. The predicted molar refractivity (Wildman–Crippen MR) is 92.7 cm³/mol. The van der Waals surface area contributed by atoms with Crippen LogP contribution in [-0.4, -0.2) is 40.0 Å². The first kappa shape index (κ1) is 17.4. The van der Waals surface area contributed by atoms with Crippen molar-refractivity contribution in [3.8, 4) is 0 Å². The minimum Gasteiger partial charge on any atom is -0.444 e. The molecule has 2 N–H and O–H groups in total. The van der Waals surface area contributed by atoms with Gasteiger partial charge in [0.05, 0.1) is 16.2 Å². The van der Waals surface area contributed by atoms with E-state index in [1.54, 1.807) is 17.8 Å². The number of rotatable bonds is 3. The van der Waals surface area contributed by atoms with E-state index < -0.39 is 5.60 Å². The molecule has 0 unspecified atom stereocenters. The van der Waals surface area contributed by atoms with Gasteiger partial charge in [0.2, 0.25) is 0 Å². The maximum Gasteiger partial charge on any atom is 0.410 e. The van der Waals surface area contributed by atoms with Crippen molar-refractivity contribution in [3.05, 3.63) is 22.8 Å². The molecule has 1 amide bonds. The molecule has 0 aliphatic carbocycles. The van der Waals surface area contributed by atoms with Gasteiger partial charge in [0, 0.05) is 32.2 Å². The van der Waals surface area contributed by atoms with Crippen LogP contribution in [0.3, 0.4) is 0 Å². The molecule has 0 bridgehead atoms. The number of carbonyl (C=O) groups excluding carboxylic acids is 1. The number of aryl methyl sites for hydroxylation is 1. The molecule has 126 valence electrons. The van der Waals surface area contributed by atoms with Gasteiger partial charge in [0.15, 0.2) is 0 Å². The van der Waals surface area contributed by atoms with Crippen molar-refractivity contribution in [1.82, 2.24) is 14.7 Å². The first-order valence-electron chi connectivity index (χ1n) is 7.43. The van der Waals surface area contributed by atoms with Crippen LogP contribution in [0.25, 0.3) is 10.9 Å². The molecule has 1 aromatic heterocycles. The van der Waals surface area contributed by atoms with Crippen LogP contribution in [0, 0.1) is 0 Å². The summed E-state index contributed by atoms with van der Waals surface area (Å²) in [6.07, 6.45) is 2.12. The van der Waals surface area contributed by atoms with Gasteiger partial charge < -0.3 is 15.4 Å². The lowest BCUT2D eigenvalue weighted by molar-refractivity contribution is 0.0301. The summed E-state index contributed by atoms with van der Waals surface area (Å²) < 4.78 is 7.07. The maximum atomic E-state index is 12.0. The Balaban J connectivity index is 2.19. The van der Waals surface area contributed by atoms with Crippen molar-refractivity contribution in [3.63, 3.8) is 0 Å². The number of nitrogens with two attached hydrogens (primary N) is 1. The fraction of sp³-hybridized carbons (Fsp3) is 0.500. The zero-order chi connectivity index (χ0) is 17.4. The lowest BCUT2D eigenvalue weighted by Crippen LogP contribution is -2.35. The van der Waals surface area contributed by atoms with Gasteiger partial charge in [0.1, 0.15) is 5.60 Å². The van der Waals surface area contributed by atoms with Gasteiger partial charge >= 0.3 is 6.09 Å². The number of carbonyl (C=O) groups is 1. The van der Waals surface area contributed by atoms with Crippen LogP contribution < -0.4 is 5.73 Å². The molecule has 0 aliphatic heterocycles. The van der Waals surface area contributed by atoms with E-state index in [4.69, 9.17) is 22.1 Å². The number of fused-ring (bicyclic) bond motifs is 1. The number of nitrogens with zero attached hydrogens (tertiary/aromatic N) is 3. The Morgan fingerprint density at radius 1 is 1.48 bits per heavy atom. The Morgan fingerprint density at radius 3 is 2.74 bits per heavy atom. The molecule has 2 aromatic rings. The summed E-state index contributed by atoms with van der Waals surface area (Å²) in [5.74, 6) is 0. The third-order valence-corrected chi connectivity index (χ3v) is 3.74. The normalized spacial score (nSPS) is 11.7. The number of halogens is 1. The molecule has 0 saturated carbocycles. The molecule has 1 aromatic carbocycles. The highest BCUT2D eigenvalue weighted by atomic mass is 35.5. The van der Waals surface area contributed by atoms with E-state index in [1.807, 2.05) is 34.0 Å². The Morgan fingerprint density at radius 2 is 2.13 bits per heavy atom. The van der Waals surface area contributed by atoms with Crippen molar-refractivity contribution in [2.75, 3.05) is 19.3 Å². The molecule has 0 atom stereocenters. The van der Waals surface area contributed by atoms with Gasteiger partial charge in [-0.2, -0.15) is 5.10 Å². The number of hydrogen-bond donors (Lipinski definition) is 1. The number of nitrogen functional groups attached to an aromatic ring is 1. The maximum absolute atomic E-state index is 12.0. The van der Waals surface area contributed by atoms with Gasteiger partial charge in [-0.25, -0.2) is 4.79 Å². The number of amides is 1. The number of anilines is 1. The molecule has 7 heteroatoms. The van der Waals surface area contributed by atoms with E-state index in [2.05, 4.69) is 5.10 Å². The monoisotopic (exact) mass is 338 g/mol. The summed E-state index contributed by atoms with van der Waals surface area (Å²) in [5.41, 5.74) is 7.83. The summed E-state index contributed by atoms with van der Waals surface area (Å²) in [4.78, 5) is 13.6. The molecular weight excluding hydrogens is 316 g/mol. The Bertz CT molecular complexity index is 734. The molecule has 2 rings (SSSR count). The fourth-order valence-electron chi connectivity index (χ4n) is 2.31. The van der Waals surface area contributed by atoms with E-state index in [9.17, 15) is 4.79 Å². The standard InChI is InChI=1S/C16H23ClN4O2/c1-16(2,3)23-15(22)20(4)7-6-10-11-9-21(5)19-13(11)8-12(17)14(10)18/h8-9H,6-7,18H2,1-5H3. The van der Waals surface area contributed by atoms with Crippen LogP contribution in [-0.2, 0) is 18.2 Å².